The van der Waals surface area contributed by atoms with Crippen LogP contribution < -0.4 is 14.2 Å². The molecule has 0 aromatic rings. The summed E-state index contributed by atoms with van der Waals surface area (Å²) in [5.74, 6) is 0. The zero-order chi connectivity index (χ0) is 13.5. The van der Waals surface area contributed by atoms with Crippen LogP contribution >= 0.6 is 46.3 Å². The molecule has 0 aromatic heterocycles. The van der Waals surface area contributed by atoms with Crippen LogP contribution in [0.15, 0.2) is 0 Å². The second kappa shape index (κ2) is 7.42. The summed E-state index contributed by atoms with van der Waals surface area (Å²) >= 11 is 9.80. The second-order valence-corrected chi connectivity index (χ2v) is 4.03. The molecule has 14 heteroatoms. The molecule has 0 saturated heterocycles. The summed E-state index contributed by atoms with van der Waals surface area (Å²) in [5, 5.41) is 0. The number of phosphoric acid groups is 1. The Morgan fingerprint density at radius 2 is 1.00 bits per heavy atom. The Kier molecular flexibility index (Phi) is 7.03. The Morgan fingerprint density at radius 3 is 1.18 bits per heavy atom. The molecular formula is C3H6N3O7PS3. The van der Waals surface area contributed by atoms with E-state index in [4.69, 9.17) is 0 Å². The zero-order valence-electron chi connectivity index (χ0n) is 7.65. The van der Waals surface area contributed by atoms with E-state index in [1.165, 1.54) is 0 Å². The van der Waals surface area contributed by atoms with Gasteiger partial charge in [-0.2, -0.15) is 4.57 Å². The first-order valence-electron chi connectivity index (χ1n) is 3.38. The molecule has 0 heterocycles. The minimum Gasteiger partial charge on any atom is -0.334 e. The van der Waals surface area contributed by atoms with Gasteiger partial charge in [-0.3, -0.25) is 14.2 Å². The van der Waals surface area contributed by atoms with Crippen LogP contribution in [0.5, 0.6) is 0 Å². The van der Waals surface area contributed by atoms with E-state index < -0.39 is 26.1 Å². The van der Waals surface area contributed by atoms with E-state index in [1.54, 1.807) is 14.2 Å². The first kappa shape index (κ1) is 16.1. The van der Waals surface area contributed by atoms with Crippen molar-refractivity contribution in [1.82, 2.24) is 14.2 Å². The maximum Gasteiger partial charge on any atom is 0.657 e. The molecule has 98 valence electrons. The highest BCUT2D eigenvalue weighted by atomic mass is 32.1. The van der Waals surface area contributed by atoms with Crippen molar-refractivity contribution in [2.45, 2.75) is 0 Å². The Bertz CT molecular complexity index is 311. The number of phosphoric ester groups is 1. The predicted octanol–water partition coefficient (Wildman–Crippen LogP) is 0.807. The smallest absolute Gasteiger partial charge is 0.334 e. The van der Waals surface area contributed by atoms with Crippen LogP contribution in [0.25, 0.3) is 0 Å². The monoisotopic (exact) mass is 323 g/mol. The number of hydrogen-bond acceptors (Lipinski definition) is 10. The summed E-state index contributed by atoms with van der Waals surface area (Å²) in [6, 6.07) is 0. The highest BCUT2D eigenvalue weighted by Gasteiger charge is 2.39. The second-order valence-electron chi connectivity index (χ2n) is 1.92. The van der Waals surface area contributed by atoms with Crippen LogP contribution in [0.3, 0.4) is 0 Å². The molecule has 0 saturated carbocycles. The van der Waals surface area contributed by atoms with E-state index >= 15 is 0 Å². The van der Waals surface area contributed by atoms with Crippen LogP contribution in [-0.4, -0.2) is 18.3 Å². The highest BCUT2D eigenvalue weighted by Crippen LogP contribution is 2.49. The lowest BCUT2D eigenvalue weighted by Crippen LogP contribution is -2.22. The summed E-state index contributed by atoms with van der Waals surface area (Å²) in [4.78, 5) is 32.2. The molecule has 0 unspecified atom stereocenters. The number of rotatable bonds is 3. The largest absolute Gasteiger partial charge is 0.657 e. The van der Waals surface area contributed by atoms with Gasteiger partial charge in [-0.1, -0.05) is 38.4 Å². The van der Waals surface area contributed by atoms with Crippen LogP contribution in [0.1, 0.15) is 0 Å². The van der Waals surface area contributed by atoms with Crippen molar-refractivity contribution in [2.24, 2.45) is 0 Å². The van der Waals surface area contributed by atoms with Gasteiger partial charge in [0.25, 0.3) is 0 Å². The fourth-order valence-corrected chi connectivity index (χ4v) is 1.63. The van der Waals surface area contributed by atoms with E-state index in [0.717, 1.165) is 0 Å². The van der Waals surface area contributed by atoms with Crippen LogP contribution in [0.2, 0.25) is 0 Å². The number of carbonyl (C=O) groups excluding carboxylic acids is 3. The molecule has 0 atom stereocenters. The van der Waals surface area contributed by atoms with Gasteiger partial charge in [-0.15, -0.1) is 0 Å². The maximum absolute atomic E-state index is 11.6. The van der Waals surface area contributed by atoms with Gasteiger partial charge in [-0.25, -0.2) is 14.4 Å². The molecule has 0 bridgehead atoms. The number of carbonyl (C=O) groups is 3. The van der Waals surface area contributed by atoms with Gasteiger partial charge >= 0.3 is 26.1 Å². The standard InChI is InChI=1S/C3H6N3O7PS3/c7-1(4-15)11-14(10,12-2(8)5-16)13-3(9)6-17/h15-17H,(H,4,7)(H,5,8)(H,6,9). The zero-order valence-corrected chi connectivity index (χ0v) is 11.2. The van der Waals surface area contributed by atoms with Gasteiger partial charge in [0.15, 0.2) is 0 Å². The molecule has 0 aliphatic rings. The molecule has 0 aromatic carbocycles. The van der Waals surface area contributed by atoms with Crippen molar-refractivity contribution in [3.05, 3.63) is 0 Å². The first-order chi connectivity index (χ1) is 7.86. The minimum atomic E-state index is -4.82. The topological polar surface area (TPSA) is 132 Å². The molecule has 0 radical (unpaired) electrons. The third-order valence-corrected chi connectivity index (χ3v) is 2.57. The number of amides is 3. The molecule has 0 aliphatic heterocycles. The average Bonchev–Trinajstić information content (AvgIpc) is 2.27. The van der Waals surface area contributed by atoms with Crippen LogP contribution in [0.4, 0.5) is 14.4 Å². The third kappa shape index (κ3) is 6.41. The Labute approximate surface area is 111 Å². The summed E-state index contributed by atoms with van der Waals surface area (Å²) in [7, 11) is -4.82. The van der Waals surface area contributed by atoms with Gasteiger partial charge in [0.2, 0.25) is 0 Å². The molecule has 0 rings (SSSR count). The molecule has 3 amide bonds. The van der Waals surface area contributed by atoms with E-state index in [0.29, 0.717) is 0 Å². The molecule has 0 aliphatic carbocycles. The summed E-state index contributed by atoms with van der Waals surface area (Å²) in [5.41, 5.74) is 0. The predicted molar refractivity (Wildman–Crippen MR) is 63.4 cm³/mol. The summed E-state index contributed by atoms with van der Waals surface area (Å²) in [6.07, 6.45) is -4.14. The van der Waals surface area contributed by atoms with Gasteiger partial charge < -0.3 is 13.6 Å². The Balaban J connectivity index is 4.80. The van der Waals surface area contributed by atoms with Crippen molar-refractivity contribution in [2.75, 3.05) is 0 Å². The molecule has 10 nitrogen and oxygen atoms in total. The number of thiol groups is 3. The fraction of sp³-hybridized carbons (Fsp3) is 0. The number of nitrogens with one attached hydrogen (secondary N) is 3. The van der Waals surface area contributed by atoms with Gasteiger partial charge in [-0.05, 0) is 0 Å². The lowest BCUT2D eigenvalue weighted by molar-refractivity contribution is 0.146. The first-order valence-corrected chi connectivity index (χ1v) is 6.18. The molecule has 0 fully saturated rings. The van der Waals surface area contributed by atoms with Crippen molar-refractivity contribution in [3.8, 4) is 0 Å². The lowest BCUT2D eigenvalue weighted by atomic mass is 11.3. The summed E-state index contributed by atoms with van der Waals surface area (Å²) in [6.45, 7) is 0. The van der Waals surface area contributed by atoms with Gasteiger partial charge in [0.1, 0.15) is 0 Å². The average molecular weight is 323 g/mol. The van der Waals surface area contributed by atoms with E-state index in [1.807, 2.05) is 0 Å². The Hall–Kier alpha value is -0.910. The SMILES string of the molecule is O=C(NS)OP(=O)(OC(=O)NS)OC(=O)NS. The quantitative estimate of drug-likeness (QED) is 0.334. The molecule has 0 spiro atoms. The van der Waals surface area contributed by atoms with Crippen molar-refractivity contribution < 1.29 is 32.5 Å². The minimum absolute atomic E-state index is 1.38. The van der Waals surface area contributed by atoms with Crippen molar-refractivity contribution in [3.63, 3.8) is 0 Å². The molecular weight excluding hydrogens is 317 g/mol. The number of hydrogen-bond donors (Lipinski definition) is 6. The van der Waals surface area contributed by atoms with Crippen molar-refractivity contribution in [1.29, 1.82) is 0 Å². The van der Waals surface area contributed by atoms with E-state index in [2.05, 4.69) is 52.0 Å². The lowest BCUT2D eigenvalue weighted by Gasteiger charge is -2.14. The van der Waals surface area contributed by atoms with Crippen LogP contribution in [-0.2, 0) is 18.1 Å². The van der Waals surface area contributed by atoms with Gasteiger partial charge in [0, 0.05) is 0 Å². The van der Waals surface area contributed by atoms with E-state index in [9.17, 15) is 18.9 Å². The Morgan fingerprint density at radius 1 is 0.765 bits per heavy atom. The molecule has 3 N–H and O–H groups in total. The third-order valence-electron chi connectivity index (χ3n) is 0.858. The maximum atomic E-state index is 11.6. The normalized spacial score (nSPS) is 9.82. The van der Waals surface area contributed by atoms with Crippen molar-refractivity contribution >= 4 is 64.5 Å². The van der Waals surface area contributed by atoms with Crippen LogP contribution in [0, 0.1) is 0 Å². The fourth-order valence-electron chi connectivity index (χ4n) is 0.422. The van der Waals surface area contributed by atoms with Gasteiger partial charge in [0.05, 0.1) is 0 Å². The summed E-state index contributed by atoms with van der Waals surface area (Å²) < 4.78 is 28.5. The molecule has 17 heavy (non-hydrogen) atoms. The highest BCUT2D eigenvalue weighted by molar-refractivity contribution is 7.79. The van der Waals surface area contributed by atoms with E-state index in [-0.39, 0.29) is 0 Å².